The lowest BCUT2D eigenvalue weighted by molar-refractivity contribution is 1.18. The molecule has 0 unspecified atom stereocenters. The fourth-order valence-electron chi connectivity index (χ4n) is 6.51. The number of thiophene rings is 1. The van der Waals surface area contributed by atoms with Crippen LogP contribution in [0, 0.1) is 0 Å². The van der Waals surface area contributed by atoms with Crippen LogP contribution in [0.1, 0.15) is 0 Å². The van der Waals surface area contributed by atoms with E-state index in [1.807, 2.05) is 11.3 Å². The van der Waals surface area contributed by atoms with Crippen LogP contribution in [0.15, 0.2) is 146 Å². The predicted octanol–water partition coefficient (Wildman–Crippen LogP) is 10.8. The molecule has 6 aromatic carbocycles. The molecule has 0 amide bonds. The number of benzene rings is 6. The quantitative estimate of drug-likeness (QED) is 0.211. The number of hydrogen-bond acceptors (Lipinski definition) is 1. The molecule has 3 aromatic heterocycles. The van der Waals surface area contributed by atoms with Gasteiger partial charge in [-0.25, -0.2) is 0 Å². The Bertz CT molecular complexity index is 2350. The average Bonchev–Trinajstić information content (AvgIpc) is 3.68. The Morgan fingerprint density at radius 3 is 1.61 bits per heavy atom. The third kappa shape index (κ3) is 3.30. The van der Waals surface area contributed by atoms with Crippen molar-refractivity contribution in [1.29, 1.82) is 0 Å². The molecule has 0 saturated heterocycles. The van der Waals surface area contributed by atoms with Crippen LogP contribution in [0.2, 0.25) is 0 Å². The molecule has 0 atom stereocenters. The fourth-order valence-corrected chi connectivity index (χ4v) is 7.80. The van der Waals surface area contributed by atoms with E-state index in [1.165, 1.54) is 75.5 Å². The average molecular weight is 541 g/mol. The van der Waals surface area contributed by atoms with E-state index in [0.29, 0.717) is 0 Å². The molecule has 9 aromatic rings. The van der Waals surface area contributed by atoms with Crippen molar-refractivity contribution in [2.75, 3.05) is 0 Å². The van der Waals surface area contributed by atoms with Gasteiger partial charge in [0.15, 0.2) is 0 Å². The van der Waals surface area contributed by atoms with Gasteiger partial charge >= 0.3 is 0 Å². The first-order valence-corrected chi connectivity index (χ1v) is 14.8. The lowest BCUT2D eigenvalue weighted by Gasteiger charge is -2.09. The number of aromatic nitrogens is 2. The zero-order valence-corrected chi connectivity index (χ0v) is 23.0. The van der Waals surface area contributed by atoms with Crippen LogP contribution in [0.4, 0.5) is 0 Å². The maximum Gasteiger partial charge on any atom is 0.109 e. The van der Waals surface area contributed by atoms with Crippen molar-refractivity contribution in [1.82, 2.24) is 9.13 Å². The number of fused-ring (bicyclic) bond motifs is 8. The third-order valence-corrected chi connectivity index (χ3v) is 9.48. The molecule has 192 valence electrons. The van der Waals surface area contributed by atoms with Crippen LogP contribution in [-0.2, 0) is 0 Å². The number of para-hydroxylation sites is 4. The summed E-state index contributed by atoms with van der Waals surface area (Å²) in [5.74, 6) is 0. The van der Waals surface area contributed by atoms with E-state index in [1.54, 1.807) is 0 Å². The van der Waals surface area contributed by atoms with Gasteiger partial charge < -0.3 is 9.13 Å². The SMILES string of the molecule is c1ccc(-n2c3ccccc3c3c4ccc(-c5ccc(-n6c7ccccc7c7ccccc76)cc5)cc4sc32)cc1. The van der Waals surface area contributed by atoms with Gasteiger partial charge in [-0.3, -0.25) is 0 Å². The molecule has 0 radical (unpaired) electrons. The van der Waals surface area contributed by atoms with Crippen LogP contribution >= 0.6 is 11.3 Å². The van der Waals surface area contributed by atoms with Crippen LogP contribution < -0.4 is 0 Å². The summed E-state index contributed by atoms with van der Waals surface area (Å²) in [6.07, 6.45) is 0. The Hall–Kier alpha value is -5.12. The molecule has 3 heterocycles. The van der Waals surface area contributed by atoms with Gasteiger partial charge in [-0.05, 0) is 59.7 Å². The lowest BCUT2D eigenvalue weighted by Crippen LogP contribution is -1.93. The van der Waals surface area contributed by atoms with Gasteiger partial charge in [0.05, 0.1) is 16.6 Å². The van der Waals surface area contributed by atoms with Crippen molar-refractivity contribution in [3.63, 3.8) is 0 Å². The molecule has 0 bridgehead atoms. The molecule has 2 nitrogen and oxygen atoms in total. The third-order valence-electron chi connectivity index (χ3n) is 8.34. The summed E-state index contributed by atoms with van der Waals surface area (Å²) >= 11 is 1.88. The van der Waals surface area contributed by atoms with Gasteiger partial charge in [0.2, 0.25) is 0 Å². The molecular formula is C38H24N2S. The minimum Gasteiger partial charge on any atom is -0.309 e. The molecule has 3 heteroatoms. The topological polar surface area (TPSA) is 9.86 Å². The van der Waals surface area contributed by atoms with Gasteiger partial charge in [-0.15, -0.1) is 11.3 Å². The summed E-state index contributed by atoms with van der Waals surface area (Å²) in [6, 6.07) is 52.8. The highest BCUT2D eigenvalue weighted by Crippen LogP contribution is 2.43. The second-order valence-corrected chi connectivity index (χ2v) is 11.6. The second-order valence-electron chi connectivity index (χ2n) is 10.6. The normalized spacial score (nSPS) is 11.9. The molecule has 0 aliphatic carbocycles. The number of rotatable bonds is 3. The first-order chi connectivity index (χ1) is 20.3. The fraction of sp³-hybridized carbons (Fsp3) is 0. The van der Waals surface area contributed by atoms with E-state index in [0.717, 1.165) is 0 Å². The van der Waals surface area contributed by atoms with Crippen LogP contribution in [0.3, 0.4) is 0 Å². The number of hydrogen-bond donors (Lipinski definition) is 0. The summed E-state index contributed by atoms with van der Waals surface area (Å²) in [5.41, 5.74) is 8.57. The van der Waals surface area contributed by atoms with Crippen molar-refractivity contribution < 1.29 is 0 Å². The minimum absolute atomic E-state index is 1.18. The van der Waals surface area contributed by atoms with Gasteiger partial charge in [0.25, 0.3) is 0 Å². The lowest BCUT2D eigenvalue weighted by atomic mass is 10.0. The molecule has 0 aliphatic heterocycles. The maximum atomic E-state index is 2.41. The molecule has 0 spiro atoms. The van der Waals surface area contributed by atoms with Crippen LogP contribution in [0.25, 0.3) is 75.5 Å². The molecule has 0 N–H and O–H groups in total. The summed E-state index contributed by atoms with van der Waals surface area (Å²) in [7, 11) is 0. The van der Waals surface area contributed by atoms with E-state index >= 15 is 0 Å². The predicted molar refractivity (Wildman–Crippen MR) is 176 cm³/mol. The summed E-state index contributed by atoms with van der Waals surface area (Å²) in [6.45, 7) is 0. The maximum absolute atomic E-state index is 2.41. The Morgan fingerprint density at radius 2 is 0.927 bits per heavy atom. The Morgan fingerprint density at radius 1 is 0.390 bits per heavy atom. The minimum atomic E-state index is 1.18. The standard InChI is InChI=1S/C38H24N2S/c1-2-10-27(11-3-1)40-35-17-9-6-14-31(35)37-32-23-20-26(24-36(32)41-38(37)40)25-18-21-28(22-19-25)39-33-15-7-4-12-29(33)30-13-5-8-16-34(30)39/h1-24H. The highest BCUT2D eigenvalue weighted by Gasteiger charge is 2.18. The number of nitrogens with zero attached hydrogens (tertiary/aromatic N) is 2. The first-order valence-electron chi connectivity index (χ1n) is 14.0. The van der Waals surface area contributed by atoms with Crippen LogP contribution in [0.5, 0.6) is 0 Å². The van der Waals surface area contributed by atoms with Crippen molar-refractivity contribution in [3.05, 3.63) is 146 Å². The Kier molecular flexibility index (Phi) is 4.80. The monoisotopic (exact) mass is 540 g/mol. The molecule has 0 aliphatic rings. The van der Waals surface area contributed by atoms with E-state index in [4.69, 9.17) is 0 Å². The zero-order chi connectivity index (χ0) is 26.9. The van der Waals surface area contributed by atoms with E-state index in [-0.39, 0.29) is 0 Å². The Balaban J connectivity index is 1.19. The zero-order valence-electron chi connectivity index (χ0n) is 22.2. The van der Waals surface area contributed by atoms with E-state index in [2.05, 4.69) is 155 Å². The summed E-state index contributed by atoms with van der Waals surface area (Å²) < 4.78 is 6.10. The first kappa shape index (κ1) is 22.7. The summed E-state index contributed by atoms with van der Waals surface area (Å²) in [4.78, 5) is 1.30. The van der Waals surface area contributed by atoms with Crippen molar-refractivity contribution in [3.8, 4) is 22.5 Å². The smallest absolute Gasteiger partial charge is 0.109 e. The highest BCUT2D eigenvalue weighted by atomic mass is 32.1. The van der Waals surface area contributed by atoms with Crippen molar-refractivity contribution >= 4 is 64.3 Å². The molecule has 0 saturated carbocycles. The van der Waals surface area contributed by atoms with Crippen LogP contribution in [-0.4, -0.2) is 9.13 Å². The van der Waals surface area contributed by atoms with Gasteiger partial charge in [0, 0.05) is 43.0 Å². The Labute approximate surface area is 240 Å². The van der Waals surface area contributed by atoms with Gasteiger partial charge in [-0.2, -0.15) is 0 Å². The summed E-state index contributed by atoms with van der Waals surface area (Å²) in [5, 5.41) is 6.55. The van der Waals surface area contributed by atoms with E-state index in [9.17, 15) is 0 Å². The van der Waals surface area contributed by atoms with E-state index < -0.39 is 0 Å². The van der Waals surface area contributed by atoms with Gasteiger partial charge in [-0.1, -0.05) is 97.1 Å². The molecule has 0 fully saturated rings. The molecular weight excluding hydrogens is 516 g/mol. The molecule has 9 rings (SSSR count). The van der Waals surface area contributed by atoms with Gasteiger partial charge in [0.1, 0.15) is 4.83 Å². The molecule has 41 heavy (non-hydrogen) atoms. The van der Waals surface area contributed by atoms with Crippen molar-refractivity contribution in [2.24, 2.45) is 0 Å². The second kappa shape index (κ2) is 8.69. The highest BCUT2D eigenvalue weighted by molar-refractivity contribution is 7.25. The van der Waals surface area contributed by atoms with Crippen molar-refractivity contribution in [2.45, 2.75) is 0 Å². The largest absolute Gasteiger partial charge is 0.309 e.